The van der Waals surface area contributed by atoms with Gasteiger partial charge in [0.2, 0.25) is 0 Å². The number of unbranched alkanes of at least 4 members (excludes halogenated alkanes) is 3. The molecule has 1 radical (unpaired) electrons. The van der Waals surface area contributed by atoms with Gasteiger partial charge in [0.1, 0.15) is 0 Å². The van der Waals surface area contributed by atoms with Crippen molar-refractivity contribution in [2.24, 2.45) is 0 Å². The summed E-state index contributed by atoms with van der Waals surface area (Å²) < 4.78 is 0. The minimum absolute atomic E-state index is 0. The second-order valence-electron chi connectivity index (χ2n) is 2.20. The maximum absolute atomic E-state index is 9.96. The van der Waals surface area contributed by atoms with Crippen LogP contribution in [0, 0.1) is 0 Å². The Morgan fingerprint density at radius 1 is 1.30 bits per heavy atom. The van der Waals surface area contributed by atoms with Gasteiger partial charge in [-0.15, -0.1) is 0 Å². The van der Waals surface area contributed by atoms with E-state index in [0.717, 1.165) is 19.3 Å². The van der Waals surface area contributed by atoms with E-state index in [0.29, 0.717) is 6.42 Å². The summed E-state index contributed by atoms with van der Waals surface area (Å²) >= 11 is 0. The zero-order valence-corrected chi connectivity index (χ0v) is 10.0. The van der Waals surface area contributed by atoms with Gasteiger partial charge in [-0.2, -0.15) is 0 Å². The second-order valence-corrected chi connectivity index (χ2v) is 2.20. The molecule has 0 aliphatic carbocycles. The third-order valence-electron chi connectivity index (χ3n) is 1.24. The van der Waals surface area contributed by atoms with E-state index in [1.54, 1.807) is 0 Å². The fourth-order valence-corrected chi connectivity index (χ4v) is 0.703. The molecule has 10 heavy (non-hydrogen) atoms. The fraction of sp³-hybridized carbons (Fsp3) is 0.857. The molecule has 0 rings (SSSR count). The van der Waals surface area contributed by atoms with Gasteiger partial charge in [-0.25, -0.2) is 0 Å². The van der Waals surface area contributed by atoms with Crippen molar-refractivity contribution in [1.82, 2.24) is 0 Å². The Hall–Kier alpha value is 1.11. The van der Waals surface area contributed by atoms with Crippen LogP contribution in [0.2, 0.25) is 0 Å². The molecule has 0 saturated carbocycles. The van der Waals surface area contributed by atoms with Crippen molar-refractivity contribution < 1.29 is 9.90 Å². The first-order valence-electron chi connectivity index (χ1n) is 3.49. The van der Waals surface area contributed by atoms with E-state index in [1.807, 2.05) is 0 Å². The molecule has 0 spiro atoms. The molecule has 0 heterocycles. The molecule has 0 bridgehead atoms. The maximum atomic E-state index is 9.96. The molecule has 0 atom stereocenters. The Morgan fingerprint density at radius 2 is 1.90 bits per heavy atom. The molecule has 55 valence electrons. The summed E-state index contributed by atoms with van der Waals surface area (Å²) in [6.45, 7) is 2.11. The Morgan fingerprint density at radius 3 is 2.30 bits per heavy atom. The average molecular weight is 169 g/mol. The molecule has 3 heteroatoms. The second kappa shape index (κ2) is 10.1. The van der Waals surface area contributed by atoms with Gasteiger partial charge in [-0.05, 0) is 6.42 Å². The fourth-order valence-electron chi connectivity index (χ4n) is 0.703. The van der Waals surface area contributed by atoms with Crippen molar-refractivity contribution >= 4 is 57.4 Å². The van der Waals surface area contributed by atoms with Gasteiger partial charge in [-0.1, -0.05) is 26.2 Å². The number of carboxylic acids is 1. The molecule has 0 saturated heterocycles. The van der Waals surface area contributed by atoms with Crippen molar-refractivity contribution in [3.05, 3.63) is 0 Å². The molecule has 0 fully saturated rings. The molecule has 1 N–H and O–H groups in total. The molecule has 0 unspecified atom stereocenters. The van der Waals surface area contributed by atoms with Gasteiger partial charge < -0.3 is 5.11 Å². The predicted molar refractivity (Wildman–Crippen MR) is 42.1 cm³/mol. The average Bonchev–Trinajstić information content (AvgIpc) is 1.80. The Labute approximate surface area is 105 Å². The number of carbonyl (C=O) groups is 1. The zero-order valence-electron chi connectivity index (χ0n) is 6.89. The third kappa shape index (κ3) is 11.8. The normalized spacial score (nSPS) is 8.50. The van der Waals surface area contributed by atoms with Crippen molar-refractivity contribution in [3.8, 4) is 0 Å². The van der Waals surface area contributed by atoms with Crippen LogP contribution in [-0.2, 0) is 4.79 Å². The SMILES string of the molecule is CCCCCCC(=O)O.[K]. The summed E-state index contributed by atoms with van der Waals surface area (Å²) in [6, 6.07) is 0. The monoisotopic (exact) mass is 169 g/mol. The topological polar surface area (TPSA) is 37.3 Å². The Balaban J connectivity index is 0. The van der Waals surface area contributed by atoms with E-state index in [4.69, 9.17) is 5.11 Å². The summed E-state index contributed by atoms with van der Waals surface area (Å²) in [5.41, 5.74) is 0. The van der Waals surface area contributed by atoms with Crippen LogP contribution in [0.3, 0.4) is 0 Å². The van der Waals surface area contributed by atoms with Crippen LogP contribution >= 0.6 is 0 Å². The first kappa shape index (κ1) is 13.7. The summed E-state index contributed by atoms with van der Waals surface area (Å²) in [4.78, 5) is 9.96. The van der Waals surface area contributed by atoms with Crippen LogP contribution in [-0.4, -0.2) is 62.5 Å². The van der Waals surface area contributed by atoms with Crippen LogP contribution in [0.1, 0.15) is 39.0 Å². The largest absolute Gasteiger partial charge is 0.481 e. The maximum Gasteiger partial charge on any atom is 0.303 e. The number of aliphatic carboxylic acids is 1. The minimum atomic E-state index is -0.675. The standard InChI is InChI=1S/C7H14O2.K/c1-2-3-4-5-6-7(8)9;/h2-6H2,1H3,(H,8,9);. The molecular weight excluding hydrogens is 155 g/mol. The molecule has 0 aromatic rings. The van der Waals surface area contributed by atoms with Gasteiger partial charge in [-0.3, -0.25) is 4.79 Å². The van der Waals surface area contributed by atoms with Gasteiger partial charge in [0, 0.05) is 57.8 Å². The zero-order chi connectivity index (χ0) is 7.11. The van der Waals surface area contributed by atoms with E-state index in [-0.39, 0.29) is 51.4 Å². The van der Waals surface area contributed by atoms with Gasteiger partial charge in [0.25, 0.3) is 0 Å². The Kier molecular flexibility index (Phi) is 13.8. The molecule has 0 aromatic carbocycles. The smallest absolute Gasteiger partial charge is 0.303 e. The van der Waals surface area contributed by atoms with Crippen molar-refractivity contribution in [3.63, 3.8) is 0 Å². The van der Waals surface area contributed by atoms with E-state index in [2.05, 4.69) is 6.92 Å². The third-order valence-corrected chi connectivity index (χ3v) is 1.24. The predicted octanol–water partition coefficient (Wildman–Crippen LogP) is 1.66. The number of rotatable bonds is 5. The van der Waals surface area contributed by atoms with Crippen LogP contribution < -0.4 is 0 Å². The molecule has 0 aliphatic rings. The molecule has 0 amide bonds. The quantitative estimate of drug-likeness (QED) is 0.502. The van der Waals surface area contributed by atoms with Gasteiger partial charge in [0.15, 0.2) is 0 Å². The number of carboxylic acid groups (broad SMARTS) is 1. The number of hydrogen-bond acceptors (Lipinski definition) is 1. The summed E-state index contributed by atoms with van der Waals surface area (Å²) in [7, 11) is 0. The summed E-state index contributed by atoms with van der Waals surface area (Å²) in [6.07, 6.45) is 4.55. The van der Waals surface area contributed by atoms with Crippen LogP contribution in [0.4, 0.5) is 0 Å². The van der Waals surface area contributed by atoms with Gasteiger partial charge >= 0.3 is 5.97 Å². The molecular formula is C7H14KO2. The van der Waals surface area contributed by atoms with Gasteiger partial charge in [0.05, 0.1) is 0 Å². The van der Waals surface area contributed by atoms with E-state index < -0.39 is 5.97 Å². The first-order chi connectivity index (χ1) is 4.27. The van der Waals surface area contributed by atoms with E-state index in [1.165, 1.54) is 6.42 Å². The first-order valence-corrected chi connectivity index (χ1v) is 3.49. The van der Waals surface area contributed by atoms with Crippen LogP contribution in [0.5, 0.6) is 0 Å². The summed E-state index contributed by atoms with van der Waals surface area (Å²) in [5, 5.41) is 8.21. The van der Waals surface area contributed by atoms with E-state index >= 15 is 0 Å². The van der Waals surface area contributed by atoms with E-state index in [9.17, 15) is 4.79 Å². The molecule has 0 aromatic heterocycles. The van der Waals surface area contributed by atoms with Crippen molar-refractivity contribution in [2.75, 3.05) is 0 Å². The van der Waals surface area contributed by atoms with Crippen molar-refractivity contribution in [2.45, 2.75) is 39.0 Å². The van der Waals surface area contributed by atoms with Crippen LogP contribution in [0.15, 0.2) is 0 Å². The molecule has 2 nitrogen and oxygen atoms in total. The number of hydrogen-bond donors (Lipinski definition) is 1. The van der Waals surface area contributed by atoms with Crippen molar-refractivity contribution in [1.29, 1.82) is 0 Å². The summed E-state index contributed by atoms with van der Waals surface area (Å²) in [5.74, 6) is -0.675. The Bertz CT molecular complexity index is 83.7. The van der Waals surface area contributed by atoms with Crippen LogP contribution in [0.25, 0.3) is 0 Å². The minimum Gasteiger partial charge on any atom is -0.481 e. The molecule has 0 aliphatic heterocycles.